The van der Waals surface area contributed by atoms with E-state index in [1.165, 1.54) is 49.2 Å². The van der Waals surface area contributed by atoms with Gasteiger partial charge in [0.2, 0.25) is 0 Å². The largest absolute Gasteiger partial charge is 0.456 e. The molecule has 0 unspecified atom stereocenters. The third-order valence-corrected chi connectivity index (χ3v) is 7.55. The maximum Gasteiger partial charge on any atom is 0.135 e. The van der Waals surface area contributed by atoms with Crippen LogP contribution in [0.4, 0.5) is 0 Å². The van der Waals surface area contributed by atoms with E-state index in [-0.39, 0.29) is 0 Å². The van der Waals surface area contributed by atoms with E-state index in [0.717, 1.165) is 27.7 Å². The van der Waals surface area contributed by atoms with Crippen LogP contribution in [0, 0.1) is 19.3 Å². The molecule has 0 spiro atoms. The van der Waals surface area contributed by atoms with E-state index in [0.29, 0.717) is 0 Å². The Morgan fingerprint density at radius 1 is 0.605 bits per heavy atom. The fourth-order valence-corrected chi connectivity index (χ4v) is 5.78. The first-order valence-corrected chi connectivity index (χ1v) is 12.8. The van der Waals surface area contributed by atoms with Crippen molar-refractivity contribution in [3.05, 3.63) is 127 Å². The molecular formula is C37H24O. The van der Waals surface area contributed by atoms with Crippen molar-refractivity contribution in [1.29, 1.82) is 0 Å². The lowest BCUT2D eigenvalue weighted by Crippen LogP contribution is -1.90. The van der Waals surface area contributed by atoms with Crippen molar-refractivity contribution in [3.63, 3.8) is 0 Å². The number of fused-ring (bicyclic) bond motifs is 4. The van der Waals surface area contributed by atoms with E-state index < -0.39 is 0 Å². The Hall–Kier alpha value is -5.06. The predicted molar refractivity (Wildman–Crippen MR) is 162 cm³/mol. The highest BCUT2D eigenvalue weighted by atomic mass is 16.3. The molecule has 0 atom stereocenters. The minimum atomic E-state index is 0.807. The third kappa shape index (κ3) is 3.43. The Labute approximate surface area is 221 Å². The van der Waals surface area contributed by atoms with E-state index in [1.54, 1.807) is 6.08 Å². The molecule has 1 heteroatoms. The van der Waals surface area contributed by atoms with Gasteiger partial charge in [0.05, 0.1) is 0 Å². The molecule has 0 N–H and O–H groups in total. The molecule has 0 saturated carbocycles. The molecule has 7 rings (SSSR count). The highest BCUT2D eigenvalue weighted by molar-refractivity contribution is 6.21. The minimum absolute atomic E-state index is 0.807. The smallest absolute Gasteiger partial charge is 0.135 e. The number of hydrogen-bond acceptors (Lipinski definition) is 1. The standard InChI is InChI=1S/C37H24O/c1-3-4-18-34-24(2)33-22-28-21-27(20-19-26(28)23-35(33)38-34)37-31-16-10-8-14-29(31)36(25-12-6-5-7-13-25)30-15-9-11-17-32(30)37/h1,4-23H,2H3/b18-4-. The van der Waals surface area contributed by atoms with E-state index in [2.05, 4.69) is 122 Å². The van der Waals surface area contributed by atoms with Crippen molar-refractivity contribution in [2.75, 3.05) is 0 Å². The summed E-state index contributed by atoms with van der Waals surface area (Å²) in [6.45, 7) is 2.08. The summed E-state index contributed by atoms with van der Waals surface area (Å²) in [5.41, 5.74) is 6.96. The second-order valence-electron chi connectivity index (χ2n) is 9.71. The second kappa shape index (κ2) is 8.80. The van der Waals surface area contributed by atoms with Gasteiger partial charge in [-0.1, -0.05) is 96.9 Å². The van der Waals surface area contributed by atoms with Crippen molar-refractivity contribution in [2.45, 2.75) is 6.92 Å². The first kappa shape index (κ1) is 22.2. The molecule has 0 fully saturated rings. The lowest BCUT2D eigenvalue weighted by Gasteiger charge is -2.18. The maximum absolute atomic E-state index is 6.11. The van der Waals surface area contributed by atoms with E-state index in [4.69, 9.17) is 10.8 Å². The van der Waals surface area contributed by atoms with Crippen LogP contribution in [0.15, 0.2) is 120 Å². The van der Waals surface area contributed by atoms with Crippen LogP contribution in [-0.2, 0) is 0 Å². The van der Waals surface area contributed by atoms with Crippen LogP contribution in [0.5, 0.6) is 0 Å². The lowest BCUT2D eigenvalue weighted by molar-refractivity contribution is 0.601. The molecule has 0 amide bonds. The number of aryl methyl sites for hydroxylation is 1. The zero-order valence-corrected chi connectivity index (χ0v) is 21.0. The molecule has 0 aliphatic carbocycles. The molecule has 0 saturated heterocycles. The Bertz CT molecular complexity index is 2020. The number of furan rings is 1. The van der Waals surface area contributed by atoms with Gasteiger partial charge in [-0.05, 0) is 91.8 Å². The van der Waals surface area contributed by atoms with Crippen molar-refractivity contribution in [2.24, 2.45) is 0 Å². The molecule has 7 aromatic rings. The summed E-state index contributed by atoms with van der Waals surface area (Å²) in [4.78, 5) is 0. The Kier molecular flexibility index (Phi) is 5.13. The van der Waals surface area contributed by atoms with Gasteiger partial charge in [-0.3, -0.25) is 0 Å². The summed E-state index contributed by atoms with van der Waals surface area (Å²) in [6, 6.07) is 39.4. The molecule has 0 radical (unpaired) electrons. The summed E-state index contributed by atoms with van der Waals surface area (Å²) >= 11 is 0. The fourth-order valence-electron chi connectivity index (χ4n) is 5.78. The Morgan fingerprint density at radius 3 is 1.84 bits per heavy atom. The van der Waals surface area contributed by atoms with E-state index in [9.17, 15) is 0 Å². The summed E-state index contributed by atoms with van der Waals surface area (Å²) < 4.78 is 6.11. The third-order valence-electron chi connectivity index (χ3n) is 7.55. The van der Waals surface area contributed by atoms with Crippen LogP contribution in [0.2, 0.25) is 0 Å². The summed E-state index contributed by atoms with van der Waals surface area (Å²) in [5, 5.41) is 8.49. The molecule has 1 nitrogen and oxygen atoms in total. The van der Waals surface area contributed by atoms with Gasteiger partial charge in [0, 0.05) is 10.9 Å². The first-order valence-electron chi connectivity index (χ1n) is 12.8. The van der Waals surface area contributed by atoms with Gasteiger partial charge in [-0.2, -0.15) is 0 Å². The SMILES string of the molecule is C#C/C=C\c1oc2cc3ccc(-c4c5ccccc5c(-c5ccccc5)c5ccccc45)cc3cc2c1C. The zero-order chi connectivity index (χ0) is 25.6. The van der Waals surface area contributed by atoms with Gasteiger partial charge >= 0.3 is 0 Å². The van der Waals surface area contributed by atoms with Crippen LogP contribution in [0.3, 0.4) is 0 Å². The summed E-state index contributed by atoms with van der Waals surface area (Å²) in [6.07, 6.45) is 8.95. The molecular weight excluding hydrogens is 460 g/mol. The van der Waals surface area contributed by atoms with Gasteiger partial charge in [-0.25, -0.2) is 0 Å². The molecule has 6 aromatic carbocycles. The average molecular weight is 485 g/mol. The van der Waals surface area contributed by atoms with Crippen LogP contribution < -0.4 is 0 Å². The molecule has 0 bridgehead atoms. The second-order valence-corrected chi connectivity index (χ2v) is 9.71. The van der Waals surface area contributed by atoms with Gasteiger partial charge in [0.25, 0.3) is 0 Å². The molecule has 1 aromatic heterocycles. The number of terminal acetylenes is 1. The predicted octanol–water partition coefficient (Wildman–Crippen LogP) is 10.2. The molecule has 178 valence electrons. The van der Waals surface area contributed by atoms with E-state index >= 15 is 0 Å². The van der Waals surface area contributed by atoms with Crippen molar-refractivity contribution < 1.29 is 4.42 Å². The Morgan fingerprint density at radius 2 is 1.21 bits per heavy atom. The number of hydrogen-bond donors (Lipinski definition) is 0. The Balaban J connectivity index is 1.53. The highest BCUT2D eigenvalue weighted by Crippen LogP contribution is 2.44. The molecule has 38 heavy (non-hydrogen) atoms. The monoisotopic (exact) mass is 484 g/mol. The number of allylic oxidation sites excluding steroid dienone is 1. The van der Waals surface area contributed by atoms with Gasteiger partial charge in [-0.15, -0.1) is 6.42 Å². The van der Waals surface area contributed by atoms with Crippen molar-refractivity contribution >= 4 is 49.4 Å². The highest BCUT2D eigenvalue weighted by Gasteiger charge is 2.17. The van der Waals surface area contributed by atoms with Crippen LogP contribution in [-0.4, -0.2) is 0 Å². The van der Waals surface area contributed by atoms with Crippen molar-refractivity contribution in [3.8, 4) is 34.6 Å². The van der Waals surface area contributed by atoms with Gasteiger partial charge < -0.3 is 4.42 Å². The first-order chi connectivity index (χ1) is 18.7. The number of benzene rings is 6. The molecule has 0 aliphatic rings. The van der Waals surface area contributed by atoms with Crippen LogP contribution in [0.1, 0.15) is 11.3 Å². The molecule has 0 aliphatic heterocycles. The number of rotatable bonds is 3. The summed E-state index contributed by atoms with van der Waals surface area (Å²) in [5.74, 6) is 3.36. The lowest BCUT2D eigenvalue weighted by atomic mass is 9.85. The summed E-state index contributed by atoms with van der Waals surface area (Å²) in [7, 11) is 0. The van der Waals surface area contributed by atoms with Crippen LogP contribution in [0.25, 0.3) is 71.6 Å². The molecule has 1 heterocycles. The zero-order valence-electron chi connectivity index (χ0n) is 21.0. The van der Waals surface area contributed by atoms with Crippen LogP contribution >= 0.6 is 0 Å². The normalized spacial score (nSPS) is 11.7. The fraction of sp³-hybridized carbons (Fsp3) is 0.0270. The topological polar surface area (TPSA) is 13.1 Å². The maximum atomic E-state index is 6.11. The minimum Gasteiger partial charge on any atom is -0.456 e. The van der Waals surface area contributed by atoms with E-state index in [1.807, 2.05) is 6.08 Å². The van der Waals surface area contributed by atoms with Gasteiger partial charge in [0.15, 0.2) is 0 Å². The van der Waals surface area contributed by atoms with Gasteiger partial charge in [0.1, 0.15) is 11.3 Å². The average Bonchev–Trinajstić information content (AvgIpc) is 3.27. The quantitative estimate of drug-likeness (QED) is 0.180. The van der Waals surface area contributed by atoms with Crippen molar-refractivity contribution in [1.82, 2.24) is 0 Å².